The largest absolute Gasteiger partial charge is 0.454 e. The van der Waals surface area contributed by atoms with Crippen LogP contribution >= 0.6 is 0 Å². The fraction of sp³-hybridized carbons (Fsp3) is 0.375. The van der Waals surface area contributed by atoms with Crippen molar-refractivity contribution in [3.63, 3.8) is 0 Å². The fourth-order valence-corrected chi connectivity index (χ4v) is 5.61. The van der Waals surface area contributed by atoms with Crippen LogP contribution in [0.3, 0.4) is 0 Å². The number of rotatable bonds is 8. The molecule has 0 bridgehead atoms. The molecule has 3 heterocycles. The molecule has 3 aromatic rings. The van der Waals surface area contributed by atoms with Crippen LogP contribution in [0, 0.1) is 5.92 Å². The van der Waals surface area contributed by atoms with E-state index in [0.717, 1.165) is 54.4 Å². The van der Waals surface area contributed by atoms with E-state index in [2.05, 4.69) is 30.1 Å². The Morgan fingerprint density at radius 2 is 1.70 bits per heavy atom. The summed E-state index contributed by atoms with van der Waals surface area (Å²) in [4.78, 5) is 32.6. The van der Waals surface area contributed by atoms with Gasteiger partial charge in [-0.2, -0.15) is 0 Å². The van der Waals surface area contributed by atoms with E-state index in [0.29, 0.717) is 31.1 Å². The molecule has 208 valence electrons. The van der Waals surface area contributed by atoms with Gasteiger partial charge in [0.25, 0.3) is 11.8 Å². The Morgan fingerprint density at radius 3 is 2.48 bits per heavy atom. The Labute approximate surface area is 235 Å². The van der Waals surface area contributed by atoms with Gasteiger partial charge < -0.3 is 24.6 Å². The number of anilines is 1. The molecule has 6 rings (SSSR count). The molecule has 0 spiro atoms. The summed E-state index contributed by atoms with van der Waals surface area (Å²) in [5.74, 6) is 2.22. The molecule has 1 atom stereocenters. The summed E-state index contributed by atoms with van der Waals surface area (Å²) < 4.78 is 10.9. The molecule has 1 fully saturated rings. The first-order valence-corrected chi connectivity index (χ1v) is 14.1. The molecule has 3 aliphatic rings. The second-order valence-electron chi connectivity index (χ2n) is 11.1. The van der Waals surface area contributed by atoms with Crippen molar-refractivity contribution in [2.24, 2.45) is 5.92 Å². The number of nitrogens with zero attached hydrogens (tertiary/aromatic N) is 3. The van der Waals surface area contributed by atoms with Crippen LogP contribution < -0.4 is 14.8 Å². The smallest absolute Gasteiger partial charge is 0.256 e. The third kappa shape index (κ3) is 5.36. The van der Waals surface area contributed by atoms with E-state index in [-0.39, 0.29) is 24.8 Å². The zero-order chi connectivity index (χ0) is 27.6. The first kappa shape index (κ1) is 26.2. The molecular formula is C32H36N4O4. The van der Waals surface area contributed by atoms with Crippen LogP contribution in [0.5, 0.6) is 11.5 Å². The molecule has 8 heteroatoms. The second-order valence-corrected chi connectivity index (χ2v) is 11.1. The van der Waals surface area contributed by atoms with Crippen molar-refractivity contribution in [1.82, 2.24) is 14.7 Å². The van der Waals surface area contributed by atoms with Crippen LogP contribution in [0.1, 0.15) is 58.3 Å². The summed E-state index contributed by atoms with van der Waals surface area (Å²) in [5.41, 5.74) is 4.49. The monoisotopic (exact) mass is 540 g/mol. The molecule has 2 amide bonds. The Bertz CT molecular complexity index is 1380. The summed E-state index contributed by atoms with van der Waals surface area (Å²) in [6, 6.07) is 21.5. The van der Waals surface area contributed by atoms with E-state index < -0.39 is 0 Å². The lowest BCUT2D eigenvalue weighted by Gasteiger charge is -2.35. The minimum atomic E-state index is -0.221. The van der Waals surface area contributed by atoms with Crippen LogP contribution in [0.2, 0.25) is 0 Å². The van der Waals surface area contributed by atoms with Gasteiger partial charge in [0.1, 0.15) is 6.17 Å². The molecular weight excluding hydrogens is 504 g/mol. The van der Waals surface area contributed by atoms with Gasteiger partial charge in [0.15, 0.2) is 11.5 Å². The van der Waals surface area contributed by atoms with Crippen molar-refractivity contribution in [2.45, 2.75) is 33.0 Å². The Balaban J connectivity index is 1.06. The summed E-state index contributed by atoms with van der Waals surface area (Å²) in [5, 5.41) is 3.55. The molecule has 1 N–H and O–H groups in total. The number of nitrogens with one attached hydrogen (secondary N) is 1. The van der Waals surface area contributed by atoms with Gasteiger partial charge in [-0.15, -0.1) is 0 Å². The number of hydrogen-bond donors (Lipinski definition) is 1. The standard InChI is InChI=1S/C32H36N4O4/c1-22(2)13-14-36-30(26-5-3-4-6-27(26)32(36)38)33-25-10-8-24(9-11-25)31(37)35-17-15-34(16-18-35)20-23-7-12-28-29(19-23)40-21-39-28/h3-12,19,22,30,33H,13-18,20-21H2,1-2H3. The van der Waals surface area contributed by atoms with E-state index in [4.69, 9.17) is 9.47 Å². The van der Waals surface area contributed by atoms with Crippen LogP contribution in [0.4, 0.5) is 5.69 Å². The quantitative estimate of drug-likeness (QED) is 0.434. The number of amides is 2. The Hall–Kier alpha value is -4.04. The van der Waals surface area contributed by atoms with Gasteiger partial charge >= 0.3 is 0 Å². The minimum absolute atomic E-state index is 0.0502. The summed E-state index contributed by atoms with van der Waals surface area (Å²) in [6.07, 6.45) is 0.719. The van der Waals surface area contributed by atoms with Crippen molar-refractivity contribution in [2.75, 3.05) is 44.8 Å². The lowest BCUT2D eigenvalue weighted by Crippen LogP contribution is -2.48. The molecule has 8 nitrogen and oxygen atoms in total. The van der Waals surface area contributed by atoms with E-state index >= 15 is 0 Å². The topological polar surface area (TPSA) is 74.4 Å². The van der Waals surface area contributed by atoms with Gasteiger partial charge in [-0.1, -0.05) is 38.1 Å². The first-order valence-electron chi connectivity index (χ1n) is 14.1. The predicted molar refractivity (Wildman–Crippen MR) is 153 cm³/mol. The Kier molecular flexibility index (Phi) is 7.34. The zero-order valence-electron chi connectivity index (χ0n) is 23.1. The highest BCUT2D eigenvalue weighted by Crippen LogP contribution is 2.35. The van der Waals surface area contributed by atoms with E-state index in [9.17, 15) is 9.59 Å². The number of hydrogen-bond acceptors (Lipinski definition) is 6. The number of carbonyl (C=O) groups is 2. The van der Waals surface area contributed by atoms with Gasteiger partial charge in [-0.25, -0.2) is 0 Å². The fourth-order valence-electron chi connectivity index (χ4n) is 5.61. The maximum absolute atomic E-state index is 13.3. The summed E-state index contributed by atoms with van der Waals surface area (Å²) in [7, 11) is 0. The lowest BCUT2D eigenvalue weighted by molar-refractivity contribution is 0.0628. The third-order valence-corrected chi connectivity index (χ3v) is 7.94. The Morgan fingerprint density at radius 1 is 0.950 bits per heavy atom. The molecule has 0 saturated carbocycles. The predicted octanol–water partition coefficient (Wildman–Crippen LogP) is 4.99. The molecule has 0 radical (unpaired) electrons. The van der Waals surface area contributed by atoms with Gasteiger partial charge in [-0.3, -0.25) is 14.5 Å². The molecule has 0 aliphatic carbocycles. The van der Waals surface area contributed by atoms with Crippen LogP contribution in [-0.4, -0.2) is 66.0 Å². The van der Waals surface area contributed by atoms with Crippen LogP contribution in [0.15, 0.2) is 66.7 Å². The SMILES string of the molecule is CC(C)CCN1C(=O)c2ccccc2C1Nc1ccc(C(=O)N2CCN(Cc3ccc4c(c3)OCO4)CC2)cc1. The molecule has 3 aliphatic heterocycles. The maximum atomic E-state index is 13.3. The highest BCUT2D eigenvalue weighted by atomic mass is 16.7. The first-order chi connectivity index (χ1) is 19.5. The number of piperazine rings is 1. The minimum Gasteiger partial charge on any atom is -0.454 e. The molecule has 0 aromatic heterocycles. The zero-order valence-corrected chi connectivity index (χ0v) is 23.1. The van der Waals surface area contributed by atoms with E-state index in [1.165, 1.54) is 5.56 Å². The maximum Gasteiger partial charge on any atom is 0.256 e. The molecule has 1 saturated heterocycles. The van der Waals surface area contributed by atoms with Gasteiger partial charge in [0, 0.05) is 61.6 Å². The van der Waals surface area contributed by atoms with Crippen molar-refractivity contribution >= 4 is 17.5 Å². The lowest BCUT2D eigenvalue weighted by atomic mass is 10.1. The average Bonchev–Trinajstić information content (AvgIpc) is 3.54. The summed E-state index contributed by atoms with van der Waals surface area (Å²) in [6.45, 7) is 9.16. The van der Waals surface area contributed by atoms with Crippen LogP contribution in [-0.2, 0) is 6.54 Å². The molecule has 40 heavy (non-hydrogen) atoms. The number of benzene rings is 3. The van der Waals surface area contributed by atoms with Crippen LogP contribution in [0.25, 0.3) is 0 Å². The van der Waals surface area contributed by atoms with Crippen molar-refractivity contribution in [1.29, 1.82) is 0 Å². The number of fused-ring (bicyclic) bond motifs is 2. The highest BCUT2D eigenvalue weighted by Gasteiger charge is 2.36. The van der Waals surface area contributed by atoms with Gasteiger partial charge in [-0.05, 0) is 60.4 Å². The number of carbonyl (C=O) groups excluding carboxylic acids is 2. The van der Waals surface area contributed by atoms with Crippen molar-refractivity contribution < 1.29 is 19.1 Å². The second kappa shape index (κ2) is 11.2. The molecule has 1 unspecified atom stereocenters. The normalized spacial score (nSPS) is 18.4. The highest BCUT2D eigenvalue weighted by molar-refractivity contribution is 5.99. The van der Waals surface area contributed by atoms with Crippen molar-refractivity contribution in [3.8, 4) is 11.5 Å². The van der Waals surface area contributed by atoms with Gasteiger partial charge in [0.2, 0.25) is 6.79 Å². The van der Waals surface area contributed by atoms with E-state index in [1.807, 2.05) is 70.5 Å². The summed E-state index contributed by atoms with van der Waals surface area (Å²) >= 11 is 0. The third-order valence-electron chi connectivity index (χ3n) is 7.94. The average molecular weight is 541 g/mol. The van der Waals surface area contributed by atoms with Gasteiger partial charge in [0.05, 0.1) is 0 Å². The number of ether oxygens (including phenoxy) is 2. The van der Waals surface area contributed by atoms with Crippen molar-refractivity contribution in [3.05, 3.63) is 89.0 Å². The molecule has 3 aromatic carbocycles. The van der Waals surface area contributed by atoms with E-state index in [1.54, 1.807) is 0 Å².